The number of piperidine rings is 1. The zero-order chi connectivity index (χ0) is 27.6. The lowest BCUT2D eigenvalue weighted by molar-refractivity contribution is 0.200. The van der Waals surface area contributed by atoms with Crippen LogP contribution in [0.5, 0.6) is 0 Å². The summed E-state index contributed by atoms with van der Waals surface area (Å²) in [5.41, 5.74) is 7.15. The van der Waals surface area contributed by atoms with Gasteiger partial charge in [-0.05, 0) is 80.7 Å². The van der Waals surface area contributed by atoms with E-state index in [1.54, 1.807) is 18.2 Å². The molecule has 1 fully saturated rings. The molecule has 6 rings (SSSR count). The van der Waals surface area contributed by atoms with Gasteiger partial charge >= 0.3 is 0 Å². The van der Waals surface area contributed by atoms with Crippen molar-refractivity contribution >= 4 is 16.7 Å². The number of nitrogens with zero attached hydrogens (tertiary/aromatic N) is 3. The van der Waals surface area contributed by atoms with Crippen LogP contribution in [0.2, 0.25) is 0 Å². The third kappa shape index (κ3) is 5.09. The Morgan fingerprint density at radius 2 is 1.60 bits per heavy atom. The molecule has 1 unspecified atom stereocenters. The van der Waals surface area contributed by atoms with Crippen molar-refractivity contribution in [1.82, 2.24) is 14.5 Å². The van der Waals surface area contributed by atoms with Gasteiger partial charge in [0.2, 0.25) is 0 Å². The maximum absolute atomic E-state index is 14.3. The summed E-state index contributed by atoms with van der Waals surface area (Å²) < 4.78 is 16.7. The van der Waals surface area contributed by atoms with Crippen LogP contribution in [0.15, 0.2) is 97.1 Å². The molecular weight excluding hydrogens is 495 g/mol. The quantitative estimate of drug-likeness (QED) is 0.218. The van der Waals surface area contributed by atoms with Crippen LogP contribution >= 0.6 is 0 Å². The van der Waals surface area contributed by atoms with Gasteiger partial charge in [0.15, 0.2) is 0 Å². The number of para-hydroxylation sites is 2. The van der Waals surface area contributed by atoms with Crippen LogP contribution in [0.1, 0.15) is 65.4 Å². The predicted octanol–water partition coefficient (Wildman–Crippen LogP) is 7.89. The number of fused-ring (bicyclic) bond motifs is 1. The third-order valence-electron chi connectivity index (χ3n) is 8.35. The van der Waals surface area contributed by atoms with E-state index >= 15 is 0 Å². The molecule has 5 heteroatoms. The van der Waals surface area contributed by atoms with E-state index in [0.29, 0.717) is 11.5 Å². The minimum Gasteiger partial charge on any atom is -0.320 e. The van der Waals surface area contributed by atoms with Crippen molar-refractivity contribution in [2.24, 2.45) is 0 Å². The second-order valence-electron chi connectivity index (χ2n) is 11.0. The summed E-state index contributed by atoms with van der Waals surface area (Å²) in [7, 11) is 0. The van der Waals surface area contributed by atoms with Crippen LogP contribution in [0, 0.1) is 18.2 Å². The number of aromatic nitrogens is 2. The van der Waals surface area contributed by atoms with Crippen molar-refractivity contribution in [3.05, 3.63) is 137 Å². The number of rotatable bonds is 7. The minimum absolute atomic E-state index is 0.214. The molecule has 1 aromatic heterocycles. The number of aryl methyl sites for hydroxylation is 1. The number of halogens is 1. The van der Waals surface area contributed by atoms with E-state index in [9.17, 15) is 4.39 Å². The van der Waals surface area contributed by atoms with Crippen LogP contribution in [0.4, 0.5) is 4.39 Å². The first-order chi connectivity index (χ1) is 19.5. The van der Waals surface area contributed by atoms with Crippen molar-refractivity contribution < 1.29 is 4.39 Å². The van der Waals surface area contributed by atoms with Gasteiger partial charge in [-0.25, -0.2) is 9.37 Å². The molecule has 5 aromatic rings. The molecule has 1 aliphatic heterocycles. The lowest BCUT2D eigenvalue weighted by Gasteiger charge is -2.33. The molecule has 0 aliphatic carbocycles. The highest BCUT2D eigenvalue weighted by Crippen LogP contribution is 2.34. The van der Waals surface area contributed by atoms with E-state index in [0.717, 1.165) is 49.1 Å². The van der Waals surface area contributed by atoms with Crippen LogP contribution < -0.4 is 0 Å². The SMILES string of the molecule is Cc1cc(CN2CCC(c3nc4ccccc4n3C(C)c3ccccc3)CC2)ccc1C(=N)c1ccccc1F. The van der Waals surface area contributed by atoms with Crippen molar-refractivity contribution in [3.8, 4) is 0 Å². The Balaban J connectivity index is 1.17. The third-order valence-corrected chi connectivity index (χ3v) is 8.35. The van der Waals surface area contributed by atoms with Crippen LogP contribution in [-0.4, -0.2) is 33.3 Å². The Morgan fingerprint density at radius 3 is 2.35 bits per heavy atom. The Kier molecular flexibility index (Phi) is 7.31. The minimum atomic E-state index is -0.356. The number of hydrogen-bond acceptors (Lipinski definition) is 3. The second kappa shape index (κ2) is 11.2. The number of likely N-dealkylation sites (tertiary alicyclic amines) is 1. The van der Waals surface area contributed by atoms with Gasteiger partial charge in [0.1, 0.15) is 11.6 Å². The standard InChI is InChI=1S/C35H35FN4/c1-24-22-26(16-17-29(24)34(37)30-12-6-7-13-31(30)36)23-39-20-18-28(19-21-39)35-38-32-14-8-9-15-33(32)40(35)25(2)27-10-4-3-5-11-27/h3-17,22,25,28,37H,18-21,23H2,1-2H3. The highest BCUT2D eigenvalue weighted by atomic mass is 19.1. The maximum Gasteiger partial charge on any atom is 0.132 e. The molecule has 0 amide bonds. The van der Waals surface area contributed by atoms with Gasteiger partial charge in [0.05, 0.1) is 22.8 Å². The van der Waals surface area contributed by atoms with E-state index in [4.69, 9.17) is 10.4 Å². The zero-order valence-electron chi connectivity index (χ0n) is 23.1. The zero-order valence-corrected chi connectivity index (χ0v) is 23.1. The Labute approximate surface area is 235 Å². The molecule has 202 valence electrons. The fraction of sp³-hybridized carbons (Fsp3) is 0.257. The molecule has 0 saturated carbocycles. The molecular formula is C35H35FN4. The summed E-state index contributed by atoms with van der Waals surface area (Å²) in [6, 6.07) is 32.1. The molecule has 1 aliphatic rings. The fourth-order valence-electron chi connectivity index (χ4n) is 6.16. The highest BCUT2D eigenvalue weighted by molar-refractivity contribution is 6.11. The largest absolute Gasteiger partial charge is 0.320 e. The van der Waals surface area contributed by atoms with Gasteiger partial charge in [-0.3, -0.25) is 10.3 Å². The maximum atomic E-state index is 14.3. The molecule has 0 bridgehead atoms. The summed E-state index contributed by atoms with van der Waals surface area (Å²) in [5, 5.41) is 8.56. The average Bonchev–Trinajstić information content (AvgIpc) is 3.37. The molecule has 0 radical (unpaired) electrons. The van der Waals surface area contributed by atoms with Crippen LogP contribution in [-0.2, 0) is 6.54 Å². The lowest BCUT2D eigenvalue weighted by atomic mass is 9.94. The monoisotopic (exact) mass is 530 g/mol. The van der Waals surface area contributed by atoms with Gasteiger partial charge in [-0.2, -0.15) is 0 Å². The summed E-state index contributed by atoms with van der Waals surface area (Å²) in [4.78, 5) is 7.67. The fourth-order valence-corrected chi connectivity index (χ4v) is 6.16. The first-order valence-electron chi connectivity index (χ1n) is 14.2. The molecule has 1 N–H and O–H groups in total. The number of nitrogens with one attached hydrogen (secondary N) is 1. The number of imidazole rings is 1. The van der Waals surface area contributed by atoms with Crippen LogP contribution in [0.3, 0.4) is 0 Å². The molecule has 4 aromatic carbocycles. The Hall–Kier alpha value is -4.09. The van der Waals surface area contributed by atoms with Gasteiger partial charge in [-0.1, -0.05) is 72.8 Å². The Morgan fingerprint density at radius 1 is 0.900 bits per heavy atom. The molecule has 40 heavy (non-hydrogen) atoms. The van der Waals surface area contributed by atoms with E-state index in [2.05, 4.69) is 83.1 Å². The van der Waals surface area contributed by atoms with E-state index in [1.807, 2.05) is 13.0 Å². The molecule has 1 atom stereocenters. The highest BCUT2D eigenvalue weighted by Gasteiger charge is 2.27. The summed E-state index contributed by atoms with van der Waals surface area (Å²) in [6.07, 6.45) is 2.14. The first-order valence-corrected chi connectivity index (χ1v) is 14.2. The second-order valence-corrected chi connectivity index (χ2v) is 11.0. The van der Waals surface area contributed by atoms with Crippen molar-refractivity contribution in [2.45, 2.75) is 45.2 Å². The van der Waals surface area contributed by atoms with Gasteiger partial charge in [0, 0.05) is 23.6 Å². The lowest BCUT2D eigenvalue weighted by Crippen LogP contribution is -2.33. The topological polar surface area (TPSA) is 44.9 Å². The van der Waals surface area contributed by atoms with Crippen LogP contribution in [0.25, 0.3) is 11.0 Å². The van der Waals surface area contributed by atoms with Gasteiger partial charge in [0.25, 0.3) is 0 Å². The number of benzene rings is 4. The molecule has 2 heterocycles. The number of hydrogen-bond donors (Lipinski definition) is 1. The normalized spacial score (nSPS) is 15.4. The van der Waals surface area contributed by atoms with Crippen molar-refractivity contribution in [2.75, 3.05) is 13.1 Å². The smallest absolute Gasteiger partial charge is 0.132 e. The Bertz CT molecular complexity index is 1650. The van der Waals surface area contributed by atoms with E-state index in [-0.39, 0.29) is 17.6 Å². The molecule has 1 saturated heterocycles. The predicted molar refractivity (Wildman–Crippen MR) is 161 cm³/mol. The summed E-state index contributed by atoms with van der Waals surface area (Å²) in [6.45, 7) is 7.19. The summed E-state index contributed by atoms with van der Waals surface area (Å²) >= 11 is 0. The van der Waals surface area contributed by atoms with E-state index < -0.39 is 0 Å². The molecule has 4 nitrogen and oxygen atoms in total. The average molecular weight is 531 g/mol. The van der Waals surface area contributed by atoms with Gasteiger partial charge in [-0.15, -0.1) is 0 Å². The van der Waals surface area contributed by atoms with Crippen molar-refractivity contribution in [3.63, 3.8) is 0 Å². The van der Waals surface area contributed by atoms with E-state index in [1.165, 1.54) is 28.5 Å². The summed E-state index contributed by atoms with van der Waals surface area (Å²) in [5.74, 6) is 1.26. The first kappa shape index (κ1) is 26.1. The van der Waals surface area contributed by atoms with Crippen molar-refractivity contribution in [1.29, 1.82) is 5.41 Å². The molecule has 0 spiro atoms. The van der Waals surface area contributed by atoms with Gasteiger partial charge < -0.3 is 4.57 Å².